The smallest absolute Gasteiger partial charge is 0.321 e. The minimum Gasteiger partial charge on any atom is -0.460 e. The maximum absolute atomic E-state index is 13.9. The van der Waals surface area contributed by atoms with Crippen LogP contribution in [-0.2, 0) is 34.5 Å². The number of ether oxygens (including phenoxy) is 1. The van der Waals surface area contributed by atoms with Gasteiger partial charge in [0.2, 0.25) is 0 Å². The summed E-state index contributed by atoms with van der Waals surface area (Å²) >= 11 is 0. The van der Waals surface area contributed by atoms with Gasteiger partial charge in [-0.1, -0.05) is 32.0 Å². The van der Waals surface area contributed by atoms with Gasteiger partial charge in [-0.25, -0.2) is 4.98 Å². The summed E-state index contributed by atoms with van der Waals surface area (Å²) in [5, 5.41) is 13.3. The van der Waals surface area contributed by atoms with Crippen molar-refractivity contribution in [2.75, 3.05) is 0 Å². The van der Waals surface area contributed by atoms with Crippen molar-refractivity contribution >= 4 is 22.6 Å². The van der Waals surface area contributed by atoms with Crippen molar-refractivity contribution in [3.05, 3.63) is 90.7 Å². The highest BCUT2D eigenvalue weighted by Gasteiger charge is 2.52. The SMILES string of the molecule is CCc1c2c3nc4ccc(cc14)-c1cccc([N+](=O)[O-])c1C1(CC)C(=O)OCc4c1cc-3n(c4=O)C2. The molecule has 0 fully saturated rings. The van der Waals surface area contributed by atoms with Crippen molar-refractivity contribution < 1.29 is 14.5 Å². The Morgan fingerprint density at radius 1 is 1.14 bits per heavy atom. The normalized spacial score (nSPS) is 18.4. The molecule has 1 atom stereocenters. The molecule has 0 saturated heterocycles. The lowest BCUT2D eigenvalue weighted by Crippen LogP contribution is -2.46. The Bertz CT molecular complexity index is 1770. The van der Waals surface area contributed by atoms with E-state index in [1.165, 1.54) is 6.07 Å². The lowest BCUT2D eigenvalue weighted by atomic mass is 9.67. The van der Waals surface area contributed by atoms with Gasteiger partial charge < -0.3 is 9.30 Å². The zero-order valence-corrected chi connectivity index (χ0v) is 19.8. The molecule has 36 heavy (non-hydrogen) atoms. The predicted molar refractivity (Wildman–Crippen MR) is 133 cm³/mol. The third-order valence-electron chi connectivity index (χ3n) is 8.18. The third kappa shape index (κ3) is 2.31. The Labute approximate surface area is 205 Å². The summed E-state index contributed by atoms with van der Waals surface area (Å²) in [4.78, 5) is 44.5. The number of fused-ring (bicyclic) bond motifs is 1. The van der Waals surface area contributed by atoms with E-state index in [-0.39, 0.29) is 29.8 Å². The molecule has 0 N–H and O–H groups in total. The highest BCUT2D eigenvalue weighted by atomic mass is 16.6. The zero-order valence-electron chi connectivity index (χ0n) is 19.8. The van der Waals surface area contributed by atoms with Gasteiger partial charge in [-0.15, -0.1) is 0 Å². The van der Waals surface area contributed by atoms with Gasteiger partial charge in [0.1, 0.15) is 12.0 Å². The highest BCUT2D eigenvalue weighted by Crippen LogP contribution is 2.51. The van der Waals surface area contributed by atoms with Crippen LogP contribution in [0.2, 0.25) is 0 Å². The van der Waals surface area contributed by atoms with Gasteiger partial charge in [-0.3, -0.25) is 19.7 Å². The largest absolute Gasteiger partial charge is 0.460 e. The maximum atomic E-state index is 13.9. The molecule has 0 radical (unpaired) electrons. The number of nitro groups is 1. The van der Waals surface area contributed by atoms with E-state index in [4.69, 9.17) is 9.72 Å². The number of carbonyl (C=O) groups excluding carboxylic acids is 1. The number of hydrogen-bond donors (Lipinski definition) is 0. The minimum absolute atomic E-state index is 0.158. The number of nitro benzene ring substituents is 1. The van der Waals surface area contributed by atoms with E-state index in [1.807, 2.05) is 37.3 Å². The van der Waals surface area contributed by atoms with Gasteiger partial charge in [0.15, 0.2) is 0 Å². The molecule has 4 aromatic rings. The summed E-state index contributed by atoms with van der Waals surface area (Å²) in [6.07, 6.45) is 0.940. The van der Waals surface area contributed by atoms with Crippen molar-refractivity contribution in [1.82, 2.24) is 9.55 Å². The van der Waals surface area contributed by atoms with Crippen LogP contribution in [0.15, 0.2) is 47.3 Å². The number of cyclic esters (lactones) is 1. The number of aryl methyl sites for hydroxylation is 1. The summed E-state index contributed by atoms with van der Waals surface area (Å²) in [5.41, 5.74) is 4.85. The Hall–Kier alpha value is -4.33. The van der Waals surface area contributed by atoms with Gasteiger partial charge in [0.05, 0.1) is 39.5 Å². The van der Waals surface area contributed by atoms with Crippen LogP contribution in [0, 0.1) is 10.1 Å². The van der Waals surface area contributed by atoms with E-state index in [0.29, 0.717) is 28.9 Å². The van der Waals surface area contributed by atoms with Gasteiger partial charge in [-0.05, 0) is 53.3 Å². The number of esters is 1. The highest BCUT2D eigenvalue weighted by molar-refractivity contribution is 5.98. The fourth-order valence-corrected chi connectivity index (χ4v) is 6.54. The first-order chi connectivity index (χ1) is 17.4. The number of rotatable bonds is 3. The van der Waals surface area contributed by atoms with E-state index in [1.54, 1.807) is 10.6 Å². The van der Waals surface area contributed by atoms with Crippen molar-refractivity contribution in [3.63, 3.8) is 0 Å². The first-order valence-corrected chi connectivity index (χ1v) is 12.1. The summed E-state index contributed by atoms with van der Waals surface area (Å²) in [7, 11) is 0. The molecule has 3 aliphatic heterocycles. The molecule has 5 heterocycles. The van der Waals surface area contributed by atoms with Crippen LogP contribution >= 0.6 is 0 Å². The number of carbonyl (C=O) groups is 1. The van der Waals surface area contributed by atoms with Crippen molar-refractivity contribution in [3.8, 4) is 22.5 Å². The van der Waals surface area contributed by atoms with Crippen LogP contribution in [0.1, 0.15) is 48.1 Å². The van der Waals surface area contributed by atoms with Crippen LogP contribution in [0.4, 0.5) is 5.69 Å². The van der Waals surface area contributed by atoms with Gasteiger partial charge in [0, 0.05) is 17.0 Å². The summed E-state index contributed by atoms with van der Waals surface area (Å²) < 4.78 is 7.34. The fourth-order valence-electron chi connectivity index (χ4n) is 6.54. The van der Waals surface area contributed by atoms with E-state index in [0.717, 1.165) is 39.7 Å². The second kappa shape index (κ2) is 6.87. The Kier molecular flexibility index (Phi) is 4.01. The standard InChI is InChI=1S/C28H21N3O5/c1-3-15-17-10-14-8-9-21(17)29-25-18(15)12-30-23(25)11-20-19(26(30)32)13-36-27(33)28(20,4-2)24-16(14)6-5-7-22(24)31(34)35/h5-11H,3-4,12-13H2,1-2H3. The molecule has 2 aromatic heterocycles. The molecule has 2 aromatic carbocycles. The molecule has 4 aliphatic rings. The Morgan fingerprint density at radius 3 is 2.72 bits per heavy atom. The first-order valence-electron chi connectivity index (χ1n) is 12.1. The van der Waals surface area contributed by atoms with E-state index in [9.17, 15) is 19.7 Å². The van der Waals surface area contributed by atoms with Crippen LogP contribution < -0.4 is 5.56 Å². The fraction of sp³-hybridized carbons (Fsp3) is 0.250. The summed E-state index contributed by atoms with van der Waals surface area (Å²) in [6.45, 7) is 4.13. The van der Waals surface area contributed by atoms with Gasteiger partial charge in [-0.2, -0.15) is 0 Å². The molecule has 8 heteroatoms. The quantitative estimate of drug-likeness (QED) is 0.212. The molecule has 8 rings (SSSR count). The molecule has 1 aliphatic carbocycles. The molecule has 0 saturated carbocycles. The number of aromatic nitrogens is 2. The van der Waals surface area contributed by atoms with Crippen LogP contribution in [0.25, 0.3) is 33.4 Å². The van der Waals surface area contributed by atoms with Crippen LogP contribution in [0.5, 0.6) is 0 Å². The lowest BCUT2D eigenvalue weighted by Gasteiger charge is -2.37. The third-order valence-corrected chi connectivity index (χ3v) is 8.18. The average Bonchev–Trinajstić information content (AvgIpc) is 3.25. The molecule has 0 spiro atoms. The topological polar surface area (TPSA) is 104 Å². The second-order valence-corrected chi connectivity index (χ2v) is 9.61. The Morgan fingerprint density at radius 2 is 1.97 bits per heavy atom. The van der Waals surface area contributed by atoms with Crippen molar-refractivity contribution in [1.29, 1.82) is 0 Å². The maximum Gasteiger partial charge on any atom is 0.321 e. The molecular weight excluding hydrogens is 458 g/mol. The number of benzene rings is 2. The van der Waals surface area contributed by atoms with Crippen molar-refractivity contribution in [2.24, 2.45) is 0 Å². The number of hydrogen-bond acceptors (Lipinski definition) is 6. The van der Waals surface area contributed by atoms with E-state index < -0.39 is 16.3 Å². The molecule has 8 nitrogen and oxygen atoms in total. The minimum atomic E-state index is -1.51. The molecular formula is C28H21N3O5. The second-order valence-electron chi connectivity index (χ2n) is 9.61. The monoisotopic (exact) mass is 479 g/mol. The number of pyridine rings is 2. The number of nitrogens with zero attached hydrogens (tertiary/aromatic N) is 3. The average molecular weight is 479 g/mol. The molecule has 1 unspecified atom stereocenters. The Balaban J connectivity index is 1.80. The summed E-state index contributed by atoms with van der Waals surface area (Å²) in [6, 6.07) is 12.6. The van der Waals surface area contributed by atoms with E-state index in [2.05, 4.69) is 6.92 Å². The molecule has 178 valence electrons. The van der Waals surface area contributed by atoms with Gasteiger partial charge >= 0.3 is 5.97 Å². The van der Waals surface area contributed by atoms with Crippen LogP contribution in [0.3, 0.4) is 0 Å². The van der Waals surface area contributed by atoms with Gasteiger partial charge in [0.25, 0.3) is 11.2 Å². The van der Waals surface area contributed by atoms with E-state index >= 15 is 0 Å². The lowest BCUT2D eigenvalue weighted by molar-refractivity contribution is -0.385. The molecule has 0 amide bonds. The first kappa shape index (κ1) is 21.0. The predicted octanol–water partition coefficient (Wildman–Crippen LogP) is 4.63. The van der Waals surface area contributed by atoms with Crippen molar-refractivity contribution in [2.45, 2.75) is 45.3 Å². The van der Waals surface area contributed by atoms with Crippen LogP contribution in [-0.4, -0.2) is 20.4 Å². The zero-order chi connectivity index (χ0) is 24.9. The molecule has 7 bridgehead atoms. The summed E-state index contributed by atoms with van der Waals surface area (Å²) in [5.74, 6) is -0.579.